The van der Waals surface area contributed by atoms with Gasteiger partial charge in [0.05, 0.1) is 14.2 Å². The summed E-state index contributed by atoms with van der Waals surface area (Å²) in [6, 6.07) is 5.76. The molecule has 0 saturated carbocycles. The molecule has 1 aliphatic heterocycles. The van der Waals surface area contributed by atoms with Crippen LogP contribution in [-0.2, 0) is 13.0 Å². The first kappa shape index (κ1) is 12.0. The quantitative estimate of drug-likeness (QED) is 0.848. The van der Waals surface area contributed by atoms with Gasteiger partial charge in [0, 0.05) is 18.5 Å². The smallest absolute Gasteiger partial charge is 0.181 e. The SMILES string of the molecule is COc1ccc(-c2nc3n(n2)CCCC3)cc1OC. The van der Waals surface area contributed by atoms with Gasteiger partial charge in [-0.1, -0.05) is 0 Å². The summed E-state index contributed by atoms with van der Waals surface area (Å²) in [4.78, 5) is 4.61. The third kappa shape index (κ3) is 2.16. The lowest BCUT2D eigenvalue weighted by atomic mass is 10.2. The molecule has 0 N–H and O–H groups in total. The Balaban J connectivity index is 1.99. The van der Waals surface area contributed by atoms with Gasteiger partial charge in [0.15, 0.2) is 17.3 Å². The summed E-state index contributed by atoms with van der Waals surface area (Å²) in [6.07, 6.45) is 3.39. The number of aromatic nitrogens is 3. The number of fused-ring (bicyclic) bond motifs is 1. The van der Waals surface area contributed by atoms with Gasteiger partial charge in [0.2, 0.25) is 0 Å². The molecule has 3 rings (SSSR count). The second kappa shape index (κ2) is 4.91. The van der Waals surface area contributed by atoms with Crippen molar-refractivity contribution < 1.29 is 9.47 Å². The number of hydrogen-bond acceptors (Lipinski definition) is 4. The molecular weight excluding hydrogens is 242 g/mol. The number of ether oxygens (including phenoxy) is 2. The summed E-state index contributed by atoms with van der Waals surface area (Å²) in [5.74, 6) is 3.26. The molecular formula is C14H17N3O2. The highest BCUT2D eigenvalue weighted by Gasteiger charge is 2.16. The molecule has 2 heterocycles. The number of benzene rings is 1. The third-order valence-corrected chi connectivity index (χ3v) is 3.41. The Bertz CT molecular complexity index is 569. The van der Waals surface area contributed by atoms with Crippen molar-refractivity contribution in [3.8, 4) is 22.9 Å². The van der Waals surface area contributed by atoms with Crippen molar-refractivity contribution in [2.45, 2.75) is 25.8 Å². The molecule has 1 aliphatic rings. The highest BCUT2D eigenvalue weighted by atomic mass is 16.5. The van der Waals surface area contributed by atoms with E-state index < -0.39 is 0 Å². The van der Waals surface area contributed by atoms with E-state index in [2.05, 4.69) is 10.1 Å². The molecule has 100 valence electrons. The van der Waals surface area contributed by atoms with Gasteiger partial charge in [-0.2, -0.15) is 5.10 Å². The number of aryl methyl sites for hydroxylation is 2. The molecule has 0 amide bonds. The molecule has 0 saturated heterocycles. The predicted molar refractivity (Wildman–Crippen MR) is 71.5 cm³/mol. The maximum atomic E-state index is 5.31. The van der Waals surface area contributed by atoms with Gasteiger partial charge in [0.25, 0.3) is 0 Å². The van der Waals surface area contributed by atoms with E-state index in [1.165, 1.54) is 12.8 Å². The first-order chi connectivity index (χ1) is 9.31. The number of hydrogen-bond donors (Lipinski definition) is 0. The van der Waals surface area contributed by atoms with Gasteiger partial charge in [-0.15, -0.1) is 0 Å². The van der Waals surface area contributed by atoms with E-state index in [1.54, 1.807) is 14.2 Å². The van der Waals surface area contributed by atoms with E-state index in [4.69, 9.17) is 9.47 Å². The van der Waals surface area contributed by atoms with Crippen molar-refractivity contribution in [2.75, 3.05) is 14.2 Å². The molecule has 0 radical (unpaired) electrons. The number of rotatable bonds is 3. The van der Waals surface area contributed by atoms with E-state index in [0.29, 0.717) is 5.75 Å². The lowest BCUT2D eigenvalue weighted by Gasteiger charge is -2.09. The van der Waals surface area contributed by atoms with E-state index in [0.717, 1.165) is 35.9 Å². The van der Waals surface area contributed by atoms with Crippen molar-refractivity contribution >= 4 is 0 Å². The second-order valence-corrected chi connectivity index (χ2v) is 4.60. The monoisotopic (exact) mass is 259 g/mol. The van der Waals surface area contributed by atoms with Crippen molar-refractivity contribution in [1.82, 2.24) is 14.8 Å². The largest absolute Gasteiger partial charge is 0.493 e. The predicted octanol–water partition coefficient (Wildman–Crippen LogP) is 2.30. The van der Waals surface area contributed by atoms with Crippen LogP contribution in [0, 0.1) is 0 Å². The van der Waals surface area contributed by atoms with E-state index in [-0.39, 0.29) is 0 Å². The van der Waals surface area contributed by atoms with Crippen LogP contribution in [0.2, 0.25) is 0 Å². The summed E-state index contributed by atoms with van der Waals surface area (Å²) in [5.41, 5.74) is 0.958. The topological polar surface area (TPSA) is 49.2 Å². The molecule has 0 atom stereocenters. The third-order valence-electron chi connectivity index (χ3n) is 3.41. The Morgan fingerprint density at radius 2 is 1.95 bits per heavy atom. The highest BCUT2D eigenvalue weighted by Crippen LogP contribution is 2.31. The zero-order valence-electron chi connectivity index (χ0n) is 11.2. The van der Waals surface area contributed by atoms with Gasteiger partial charge in [0.1, 0.15) is 5.82 Å². The second-order valence-electron chi connectivity index (χ2n) is 4.60. The lowest BCUT2D eigenvalue weighted by molar-refractivity contribution is 0.355. The zero-order chi connectivity index (χ0) is 13.2. The van der Waals surface area contributed by atoms with Crippen LogP contribution in [0.15, 0.2) is 18.2 Å². The van der Waals surface area contributed by atoms with Gasteiger partial charge < -0.3 is 9.47 Å². The van der Waals surface area contributed by atoms with Gasteiger partial charge in [-0.05, 0) is 31.0 Å². The molecule has 1 aromatic carbocycles. The average Bonchev–Trinajstić information content (AvgIpc) is 2.90. The fourth-order valence-electron chi connectivity index (χ4n) is 2.38. The Morgan fingerprint density at radius 3 is 2.68 bits per heavy atom. The lowest BCUT2D eigenvalue weighted by Crippen LogP contribution is -2.11. The Morgan fingerprint density at radius 1 is 1.11 bits per heavy atom. The molecule has 0 unspecified atom stereocenters. The normalized spacial score (nSPS) is 14.0. The summed E-state index contributed by atoms with van der Waals surface area (Å²) in [6.45, 7) is 0.968. The minimum Gasteiger partial charge on any atom is -0.493 e. The van der Waals surface area contributed by atoms with Crippen LogP contribution in [-0.4, -0.2) is 29.0 Å². The van der Waals surface area contributed by atoms with Crippen LogP contribution < -0.4 is 9.47 Å². The minimum atomic E-state index is 0.702. The molecule has 0 aliphatic carbocycles. The van der Waals surface area contributed by atoms with E-state index in [9.17, 15) is 0 Å². The molecule has 5 heteroatoms. The summed E-state index contributed by atoms with van der Waals surface area (Å²) < 4.78 is 12.6. The van der Waals surface area contributed by atoms with Crippen LogP contribution in [0.1, 0.15) is 18.7 Å². The molecule has 0 bridgehead atoms. The summed E-state index contributed by atoms with van der Waals surface area (Å²) >= 11 is 0. The van der Waals surface area contributed by atoms with E-state index in [1.807, 2.05) is 22.9 Å². The van der Waals surface area contributed by atoms with E-state index >= 15 is 0 Å². The van der Waals surface area contributed by atoms with Crippen molar-refractivity contribution in [1.29, 1.82) is 0 Å². The average molecular weight is 259 g/mol. The molecule has 19 heavy (non-hydrogen) atoms. The van der Waals surface area contributed by atoms with Crippen LogP contribution >= 0.6 is 0 Å². The van der Waals surface area contributed by atoms with Crippen LogP contribution in [0.5, 0.6) is 11.5 Å². The first-order valence-corrected chi connectivity index (χ1v) is 6.48. The van der Waals surface area contributed by atoms with Crippen LogP contribution in [0.4, 0.5) is 0 Å². The molecule has 5 nitrogen and oxygen atoms in total. The molecule has 0 spiro atoms. The van der Waals surface area contributed by atoms with Gasteiger partial charge >= 0.3 is 0 Å². The Kier molecular flexibility index (Phi) is 3.11. The minimum absolute atomic E-state index is 0.702. The summed E-state index contributed by atoms with van der Waals surface area (Å²) in [7, 11) is 3.26. The van der Waals surface area contributed by atoms with Crippen LogP contribution in [0.25, 0.3) is 11.4 Å². The molecule has 1 aromatic heterocycles. The standard InChI is InChI=1S/C14H17N3O2/c1-18-11-7-6-10(9-12(11)19-2)14-15-13-5-3-4-8-17(13)16-14/h6-7,9H,3-5,8H2,1-2H3. The fraction of sp³-hybridized carbons (Fsp3) is 0.429. The Labute approximate surface area is 112 Å². The van der Waals surface area contributed by atoms with Gasteiger partial charge in [-0.3, -0.25) is 0 Å². The first-order valence-electron chi connectivity index (χ1n) is 6.48. The number of methoxy groups -OCH3 is 2. The highest BCUT2D eigenvalue weighted by molar-refractivity contribution is 5.61. The van der Waals surface area contributed by atoms with Gasteiger partial charge in [-0.25, -0.2) is 9.67 Å². The molecule has 2 aromatic rings. The van der Waals surface area contributed by atoms with Crippen molar-refractivity contribution in [3.05, 3.63) is 24.0 Å². The van der Waals surface area contributed by atoms with Crippen molar-refractivity contribution in [2.24, 2.45) is 0 Å². The Hall–Kier alpha value is -2.04. The number of nitrogens with zero attached hydrogens (tertiary/aromatic N) is 3. The fourth-order valence-corrected chi connectivity index (χ4v) is 2.38. The molecule has 0 fully saturated rings. The zero-order valence-corrected chi connectivity index (χ0v) is 11.2. The maximum Gasteiger partial charge on any atom is 0.181 e. The summed E-state index contributed by atoms with van der Waals surface area (Å²) in [5, 5.41) is 4.56. The maximum absolute atomic E-state index is 5.31. The van der Waals surface area contributed by atoms with Crippen LogP contribution in [0.3, 0.4) is 0 Å². The van der Waals surface area contributed by atoms with Crippen molar-refractivity contribution in [3.63, 3.8) is 0 Å².